The van der Waals surface area contributed by atoms with Gasteiger partial charge in [-0.3, -0.25) is 4.79 Å². The average molecular weight is 428 g/mol. The van der Waals surface area contributed by atoms with E-state index < -0.39 is 0 Å². The summed E-state index contributed by atoms with van der Waals surface area (Å²) in [4.78, 5) is 35.2. The summed E-state index contributed by atoms with van der Waals surface area (Å²) in [6, 6.07) is 7.52. The van der Waals surface area contributed by atoms with Gasteiger partial charge >= 0.3 is 6.03 Å². The molecule has 2 saturated heterocycles. The number of benzene rings is 1. The van der Waals surface area contributed by atoms with Crippen LogP contribution in [0.3, 0.4) is 0 Å². The number of methoxy groups -OCH3 is 1. The molecule has 0 unspecified atom stereocenters. The molecule has 9 heteroatoms. The summed E-state index contributed by atoms with van der Waals surface area (Å²) in [5, 5.41) is 4.01. The van der Waals surface area contributed by atoms with Crippen molar-refractivity contribution in [1.82, 2.24) is 24.8 Å². The molecular weight excluding hydrogens is 398 g/mol. The average Bonchev–Trinajstić information content (AvgIpc) is 3.32. The number of aromatic nitrogens is 2. The SMILES string of the molecule is COc1ccc(-c2noc(CCC(=O)N3CCN(C(=O)N4CCCCC4)CC3)n2)cc1. The number of carbonyl (C=O) groups is 2. The lowest BCUT2D eigenvalue weighted by atomic mass is 10.1. The largest absolute Gasteiger partial charge is 0.497 e. The molecule has 9 nitrogen and oxygen atoms in total. The fraction of sp³-hybridized carbons (Fsp3) is 0.545. The number of urea groups is 1. The number of piperidine rings is 1. The number of piperazine rings is 1. The first-order valence-electron chi connectivity index (χ1n) is 10.9. The molecular formula is C22H29N5O4. The van der Waals surface area contributed by atoms with Gasteiger partial charge in [0, 0.05) is 57.7 Å². The van der Waals surface area contributed by atoms with Crippen LogP contribution in [0.5, 0.6) is 5.75 Å². The van der Waals surface area contributed by atoms with Crippen molar-refractivity contribution in [3.63, 3.8) is 0 Å². The van der Waals surface area contributed by atoms with E-state index in [0.717, 1.165) is 37.2 Å². The number of hydrogen-bond donors (Lipinski definition) is 0. The van der Waals surface area contributed by atoms with E-state index in [0.29, 0.717) is 50.7 Å². The van der Waals surface area contributed by atoms with Crippen molar-refractivity contribution in [3.05, 3.63) is 30.2 Å². The second-order valence-electron chi connectivity index (χ2n) is 7.94. The van der Waals surface area contributed by atoms with Crippen LogP contribution in [0.15, 0.2) is 28.8 Å². The van der Waals surface area contributed by atoms with Crippen LogP contribution < -0.4 is 4.74 Å². The fourth-order valence-electron chi connectivity index (χ4n) is 4.02. The topological polar surface area (TPSA) is 92.0 Å². The van der Waals surface area contributed by atoms with E-state index in [-0.39, 0.29) is 11.9 Å². The lowest BCUT2D eigenvalue weighted by molar-refractivity contribution is -0.132. The predicted molar refractivity (Wildman–Crippen MR) is 114 cm³/mol. The molecule has 3 amide bonds. The third kappa shape index (κ3) is 5.15. The molecule has 2 aromatic rings. The van der Waals surface area contributed by atoms with E-state index in [1.165, 1.54) is 6.42 Å². The lowest BCUT2D eigenvalue weighted by Gasteiger charge is -2.38. The molecule has 0 spiro atoms. The Morgan fingerprint density at radius 1 is 0.935 bits per heavy atom. The molecule has 166 valence electrons. The third-order valence-corrected chi connectivity index (χ3v) is 5.90. The normalized spacial score (nSPS) is 17.0. The molecule has 0 atom stereocenters. The van der Waals surface area contributed by atoms with E-state index in [9.17, 15) is 9.59 Å². The molecule has 0 N–H and O–H groups in total. The Balaban J connectivity index is 1.23. The van der Waals surface area contributed by atoms with Crippen molar-refractivity contribution in [1.29, 1.82) is 0 Å². The molecule has 2 aliphatic rings. The summed E-state index contributed by atoms with van der Waals surface area (Å²) in [5.41, 5.74) is 0.830. The van der Waals surface area contributed by atoms with Gasteiger partial charge in [0.05, 0.1) is 7.11 Å². The van der Waals surface area contributed by atoms with Gasteiger partial charge in [-0.25, -0.2) is 4.79 Å². The van der Waals surface area contributed by atoms with E-state index in [2.05, 4.69) is 10.1 Å². The number of rotatable bonds is 5. The highest BCUT2D eigenvalue weighted by molar-refractivity contribution is 5.78. The zero-order valence-electron chi connectivity index (χ0n) is 18.0. The first-order valence-corrected chi connectivity index (χ1v) is 10.9. The quantitative estimate of drug-likeness (QED) is 0.728. The Labute approximate surface area is 181 Å². The van der Waals surface area contributed by atoms with Gasteiger partial charge < -0.3 is 24.0 Å². The van der Waals surface area contributed by atoms with Crippen molar-refractivity contribution in [2.45, 2.75) is 32.1 Å². The molecule has 0 saturated carbocycles. The van der Waals surface area contributed by atoms with Gasteiger partial charge in [0.2, 0.25) is 17.6 Å². The monoisotopic (exact) mass is 427 g/mol. The highest BCUT2D eigenvalue weighted by atomic mass is 16.5. The van der Waals surface area contributed by atoms with Crippen molar-refractivity contribution in [2.24, 2.45) is 0 Å². The maximum absolute atomic E-state index is 12.6. The minimum absolute atomic E-state index is 0.0502. The summed E-state index contributed by atoms with van der Waals surface area (Å²) in [6.45, 7) is 4.01. The van der Waals surface area contributed by atoms with Crippen LogP contribution in [0.2, 0.25) is 0 Å². The van der Waals surface area contributed by atoms with Gasteiger partial charge in [0.25, 0.3) is 0 Å². The van der Waals surface area contributed by atoms with Gasteiger partial charge in [-0.1, -0.05) is 5.16 Å². The second-order valence-corrected chi connectivity index (χ2v) is 7.94. The Morgan fingerprint density at radius 3 is 2.26 bits per heavy atom. The lowest BCUT2D eigenvalue weighted by Crippen LogP contribution is -2.54. The molecule has 31 heavy (non-hydrogen) atoms. The van der Waals surface area contributed by atoms with E-state index in [1.807, 2.05) is 39.0 Å². The van der Waals surface area contributed by atoms with Crippen molar-refractivity contribution >= 4 is 11.9 Å². The fourth-order valence-corrected chi connectivity index (χ4v) is 4.02. The van der Waals surface area contributed by atoms with Gasteiger partial charge in [-0.15, -0.1) is 0 Å². The molecule has 0 aliphatic carbocycles. The molecule has 2 aliphatic heterocycles. The molecule has 1 aromatic heterocycles. The minimum Gasteiger partial charge on any atom is -0.497 e. The molecule has 4 rings (SSSR count). The van der Waals surface area contributed by atoms with Gasteiger partial charge in [0.15, 0.2) is 0 Å². The summed E-state index contributed by atoms with van der Waals surface area (Å²) >= 11 is 0. The highest BCUT2D eigenvalue weighted by Crippen LogP contribution is 2.20. The van der Waals surface area contributed by atoms with Gasteiger partial charge in [-0.05, 0) is 43.5 Å². The first kappa shape index (κ1) is 21.1. The molecule has 2 fully saturated rings. The molecule has 0 radical (unpaired) electrons. The number of carbonyl (C=O) groups excluding carboxylic acids is 2. The van der Waals surface area contributed by atoms with Crippen LogP contribution >= 0.6 is 0 Å². The van der Waals surface area contributed by atoms with Crippen LogP contribution in [0, 0.1) is 0 Å². The van der Waals surface area contributed by atoms with Crippen LogP contribution in [-0.4, -0.2) is 83.2 Å². The van der Waals surface area contributed by atoms with Crippen molar-refractivity contribution in [2.75, 3.05) is 46.4 Å². The number of amides is 3. The zero-order chi connectivity index (χ0) is 21.6. The Kier molecular flexibility index (Phi) is 6.69. The predicted octanol–water partition coefficient (Wildman–Crippen LogP) is 2.43. The Morgan fingerprint density at radius 2 is 1.58 bits per heavy atom. The molecule has 0 bridgehead atoms. The van der Waals surface area contributed by atoms with Crippen molar-refractivity contribution in [3.8, 4) is 17.1 Å². The van der Waals surface area contributed by atoms with Crippen LogP contribution in [0.4, 0.5) is 4.79 Å². The second kappa shape index (κ2) is 9.80. The molecule has 3 heterocycles. The minimum atomic E-state index is 0.0502. The number of nitrogens with zero attached hydrogens (tertiary/aromatic N) is 5. The highest BCUT2D eigenvalue weighted by Gasteiger charge is 2.27. The number of aryl methyl sites for hydroxylation is 1. The zero-order valence-corrected chi connectivity index (χ0v) is 18.0. The van der Waals surface area contributed by atoms with E-state index >= 15 is 0 Å². The summed E-state index contributed by atoms with van der Waals surface area (Å²) in [6.07, 6.45) is 4.08. The maximum Gasteiger partial charge on any atom is 0.320 e. The number of hydrogen-bond acceptors (Lipinski definition) is 6. The van der Waals surface area contributed by atoms with Crippen LogP contribution in [0.1, 0.15) is 31.6 Å². The number of likely N-dealkylation sites (tertiary alicyclic amines) is 1. The maximum atomic E-state index is 12.6. The third-order valence-electron chi connectivity index (χ3n) is 5.90. The summed E-state index contributed by atoms with van der Waals surface area (Å²) in [5.74, 6) is 1.75. The standard InChI is InChI=1S/C22H29N5O4/c1-30-18-7-5-17(6-8-18)21-23-19(31-24-21)9-10-20(28)25-13-15-27(16-14-25)22(29)26-11-3-2-4-12-26/h5-8H,2-4,9-16H2,1H3. The van der Waals surface area contributed by atoms with Gasteiger partial charge in [0.1, 0.15) is 5.75 Å². The van der Waals surface area contributed by atoms with Crippen LogP contribution in [0.25, 0.3) is 11.4 Å². The number of ether oxygens (including phenoxy) is 1. The van der Waals surface area contributed by atoms with Crippen molar-refractivity contribution < 1.29 is 18.8 Å². The molecule has 1 aromatic carbocycles. The van der Waals surface area contributed by atoms with E-state index in [4.69, 9.17) is 9.26 Å². The van der Waals surface area contributed by atoms with E-state index in [1.54, 1.807) is 7.11 Å². The van der Waals surface area contributed by atoms with Gasteiger partial charge in [-0.2, -0.15) is 4.98 Å². The summed E-state index contributed by atoms with van der Waals surface area (Å²) in [7, 11) is 1.62. The Hall–Kier alpha value is -3.10. The first-order chi connectivity index (χ1) is 15.1. The Bertz CT molecular complexity index is 884. The summed E-state index contributed by atoms with van der Waals surface area (Å²) < 4.78 is 10.5. The van der Waals surface area contributed by atoms with Crippen LogP contribution in [-0.2, 0) is 11.2 Å². The smallest absolute Gasteiger partial charge is 0.320 e.